The van der Waals surface area contributed by atoms with Crippen molar-refractivity contribution in [1.82, 2.24) is 10.6 Å². The molecule has 0 amide bonds. The summed E-state index contributed by atoms with van der Waals surface area (Å²) in [4.78, 5) is 0. The average molecular weight is 123 g/mol. The summed E-state index contributed by atoms with van der Waals surface area (Å²) >= 11 is 0. The first-order chi connectivity index (χ1) is 4.33. The maximum atomic E-state index is 8.37. The molecule has 0 aromatic carbocycles. The lowest BCUT2D eigenvalue weighted by molar-refractivity contribution is 0.492. The molecule has 3 nitrogen and oxygen atoms in total. The van der Waals surface area contributed by atoms with E-state index in [0.29, 0.717) is 0 Å². The van der Waals surface area contributed by atoms with E-state index in [0.717, 1.165) is 18.7 Å². The molecule has 0 saturated carbocycles. The Morgan fingerprint density at radius 2 is 2.11 bits per heavy atom. The van der Waals surface area contributed by atoms with Gasteiger partial charge in [-0.15, -0.1) is 0 Å². The van der Waals surface area contributed by atoms with E-state index in [9.17, 15) is 0 Å². The van der Waals surface area contributed by atoms with Crippen LogP contribution in [0, 0.1) is 11.3 Å². The third-order valence-electron chi connectivity index (χ3n) is 1.24. The molecule has 0 aromatic rings. The molecule has 9 heavy (non-hydrogen) atoms. The van der Waals surface area contributed by atoms with Crippen LogP contribution in [-0.2, 0) is 0 Å². The van der Waals surface area contributed by atoms with Crippen LogP contribution in [0.4, 0.5) is 0 Å². The zero-order chi connectivity index (χ0) is 6.69. The van der Waals surface area contributed by atoms with Crippen molar-refractivity contribution in [2.24, 2.45) is 0 Å². The van der Waals surface area contributed by atoms with Gasteiger partial charge in [0.2, 0.25) is 0 Å². The Morgan fingerprint density at radius 1 is 1.56 bits per heavy atom. The fourth-order valence-corrected chi connectivity index (χ4v) is 0.719. The lowest BCUT2D eigenvalue weighted by Crippen LogP contribution is -2.48. The Labute approximate surface area is 54.4 Å². The van der Waals surface area contributed by atoms with Gasteiger partial charge in [-0.1, -0.05) is 6.58 Å². The predicted molar refractivity (Wildman–Crippen MR) is 34.5 cm³/mol. The number of hydrogen-bond donors (Lipinski definition) is 2. The normalized spacial score (nSPS) is 21.4. The number of hydrogen-bond acceptors (Lipinski definition) is 3. The van der Waals surface area contributed by atoms with E-state index in [1.165, 1.54) is 0 Å². The second-order valence-electron chi connectivity index (χ2n) is 2.07. The Balaban J connectivity index is 2.37. The summed E-state index contributed by atoms with van der Waals surface area (Å²) in [5, 5.41) is 14.3. The summed E-state index contributed by atoms with van der Waals surface area (Å²) < 4.78 is 0. The highest BCUT2D eigenvalue weighted by Crippen LogP contribution is 1.92. The first kappa shape index (κ1) is 6.27. The van der Waals surface area contributed by atoms with Gasteiger partial charge < -0.3 is 0 Å². The molecule has 0 atom stereocenters. The van der Waals surface area contributed by atoms with Crippen molar-refractivity contribution in [3.05, 3.63) is 12.2 Å². The Hall–Kier alpha value is -0.850. The monoisotopic (exact) mass is 123 g/mol. The standard InChI is InChI=1S/C6H9N3/c1-5-3-8-6(2-7)9-4-5/h6,8-9H,1,3-4H2. The zero-order valence-corrected chi connectivity index (χ0v) is 5.15. The second-order valence-corrected chi connectivity index (χ2v) is 2.07. The third kappa shape index (κ3) is 1.53. The number of nitrogens with zero attached hydrogens (tertiary/aromatic N) is 1. The molecule has 1 saturated heterocycles. The molecular formula is C6H9N3. The lowest BCUT2D eigenvalue weighted by atomic mass is 10.2. The second kappa shape index (κ2) is 2.62. The number of nitrogens with one attached hydrogen (secondary N) is 2. The van der Waals surface area contributed by atoms with E-state index in [2.05, 4.69) is 23.3 Å². The first-order valence-corrected chi connectivity index (χ1v) is 2.86. The van der Waals surface area contributed by atoms with Crippen molar-refractivity contribution in [2.45, 2.75) is 6.17 Å². The summed E-state index contributed by atoms with van der Waals surface area (Å²) in [7, 11) is 0. The Bertz CT molecular complexity index is 146. The number of rotatable bonds is 0. The van der Waals surface area contributed by atoms with Crippen molar-refractivity contribution >= 4 is 0 Å². The van der Waals surface area contributed by atoms with Crippen LogP contribution in [0.25, 0.3) is 0 Å². The molecule has 0 aromatic heterocycles. The summed E-state index contributed by atoms with van der Waals surface area (Å²) in [6.07, 6.45) is -0.185. The van der Waals surface area contributed by atoms with Gasteiger partial charge in [-0.2, -0.15) is 5.26 Å². The van der Waals surface area contributed by atoms with E-state index in [-0.39, 0.29) is 6.17 Å². The molecule has 0 aliphatic carbocycles. The average Bonchev–Trinajstić information content (AvgIpc) is 1.90. The van der Waals surface area contributed by atoms with Crippen LogP contribution in [-0.4, -0.2) is 19.3 Å². The summed E-state index contributed by atoms with van der Waals surface area (Å²) in [6.45, 7) is 5.26. The van der Waals surface area contributed by atoms with Crippen LogP contribution >= 0.6 is 0 Å². The van der Waals surface area contributed by atoms with Gasteiger partial charge in [0.1, 0.15) is 6.17 Å². The highest BCUT2D eigenvalue weighted by molar-refractivity contribution is 5.07. The van der Waals surface area contributed by atoms with Gasteiger partial charge in [0.15, 0.2) is 0 Å². The smallest absolute Gasteiger partial charge is 0.148 e. The van der Waals surface area contributed by atoms with E-state index < -0.39 is 0 Å². The lowest BCUT2D eigenvalue weighted by Gasteiger charge is -2.20. The summed E-state index contributed by atoms with van der Waals surface area (Å²) in [6, 6.07) is 2.06. The maximum absolute atomic E-state index is 8.37. The highest BCUT2D eigenvalue weighted by atomic mass is 15.1. The van der Waals surface area contributed by atoms with Crippen molar-refractivity contribution in [3.63, 3.8) is 0 Å². The van der Waals surface area contributed by atoms with Crippen LogP contribution < -0.4 is 10.6 Å². The van der Waals surface area contributed by atoms with Crippen LogP contribution in [0.1, 0.15) is 0 Å². The van der Waals surface area contributed by atoms with Gasteiger partial charge in [-0.3, -0.25) is 10.6 Å². The minimum Gasteiger partial charge on any atom is -0.286 e. The minimum absolute atomic E-state index is 0.185. The molecule has 1 fully saturated rings. The van der Waals surface area contributed by atoms with Crippen molar-refractivity contribution in [2.75, 3.05) is 13.1 Å². The van der Waals surface area contributed by atoms with E-state index >= 15 is 0 Å². The molecular weight excluding hydrogens is 114 g/mol. The Kier molecular flexibility index (Phi) is 1.83. The van der Waals surface area contributed by atoms with Gasteiger partial charge in [-0.05, 0) is 5.57 Å². The molecule has 1 rings (SSSR count). The third-order valence-corrected chi connectivity index (χ3v) is 1.24. The van der Waals surface area contributed by atoms with Gasteiger partial charge in [-0.25, -0.2) is 0 Å². The largest absolute Gasteiger partial charge is 0.286 e. The first-order valence-electron chi connectivity index (χ1n) is 2.86. The van der Waals surface area contributed by atoms with Crippen molar-refractivity contribution in [3.8, 4) is 6.07 Å². The minimum atomic E-state index is -0.185. The molecule has 0 unspecified atom stereocenters. The van der Waals surface area contributed by atoms with Crippen LogP contribution in [0.2, 0.25) is 0 Å². The van der Waals surface area contributed by atoms with Gasteiger partial charge in [0.25, 0.3) is 0 Å². The molecule has 1 aliphatic heterocycles. The summed E-state index contributed by atoms with van der Waals surface area (Å²) in [5.74, 6) is 0. The molecule has 3 heteroatoms. The van der Waals surface area contributed by atoms with Crippen molar-refractivity contribution < 1.29 is 0 Å². The quantitative estimate of drug-likeness (QED) is 0.430. The van der Waals surface area contributed by atoms with E-state index in [1.807, 2.05) is 0 Å². The van der Waals surface area contributed by atoms with Gasteiger partial charge in [0, 0.05) is 13.1 Å². The fourth-order valence-electron chi connectivity index (χ4n) is 0.719. The Morgan fingerprint density at radius 3 is 2.56 bits per heavy atom. The molecule has 2 N–H and O–H groups in total. The van der Waals surface area contributed by atoms with Crippen LogP contribution in [0.5, 0.6) is 0 Å². The molecule has 0 radical (unpaired) electrons. The molecule has 48 valence electrons. The SMILES string of the molecule is C=C1CNC(C#N)NC1. The van der Waals surface area contributed by atoms with Crippen LogP contribution in [0.3, 0.4) is 0 Å². The summed E-state index contributed by atoms with van der Waals surface area (Å²) in [5.41, 5.74) is 1.10. The molecule has 0 spiro atoms. The van der Waals surface area contributed by atoms with Gasteiger partial charge >= 0.3 is 0 Å². The van der Waals surface area contributed by atoms with E-state index in [1.54, 1.807) is 0 Å². The predicted octanol–water partition coefficient (Wildman–Crippen LogP) is -0.415. The number of nitriles is 1. The fraction of sp³-hybridized carbons (Fsp3) is 0.500. The topological polar surface area (TPSA) is 47.9 Å². The van der Waals surface area contributed by atoms with Crippen molar-refractivity contribution in [1.29, 1.82) is 5.26 Å². The highest BCUT2D eigenvalue weighted by Gasteiger charge is 2.10. The van der Waals surface area contributed by atoms with Crippen LogP contribution in [0.15, 0.2) is 12.2 Å². The van der Waals surface area contributed by atoms with E-state index in [4.69, 9.17) is 5.26 Å². The molecule has 0 bridgehead atoms. The van der Waals surface area contributed by atoms with Gasteiger partial charge in [0.05, 0.1) is 6.07 Å². The molecule has 1 aliphatic rings. The zero-order valence-electron chi connectivity index (χ0n) is 5.15. The maximum Gasteiger partial charge on any atom is 0.148 e. The molecule has 1 heterocycles.